The summed E-state index contributed by atoms with van der Waals surface area (Å²) in [6.07, 6.45) is 92.6. The van der Waals surface area contributed by atoms with E-state index in [1.54, 1.807) is 0 Å². The fraction of sp³-hybridized carbons (Fsp3) is 0.716. The fourth-order valence-corrected chi connectivity index (χ4v) is 9.48. The lowest BCUT2D eigenvalue weighted by Gasteiger charge is -2.18. The maximum absolute atomic E-state index is 12.9. The fourth-order valence-electron chi connectivity index (χ4n) is 9.48. The van der Waals surface area contributed by atoms with Crippen LogP contribution in [0.15, 0.2) is 109 Å². The van der Waals surface area contributed by atoms with Crippen molar-refractivity contribution in [1.82, 2.24) is 0 Å². The second-order valence-electron chi connectivity index (χ2n) is 22.3. The van der Waals surface area contributed by atoms with Crippen LogP contribution in [0.5, 0.6) is 0 Å². The van der Waals surface area contributed by atoms with Gasteiger partial charge in [0.2, 0.25) is 0 Å². The van der Waals surface area contributed by atoms with Crippen molar-refractivity contribution in [2.75, 3.05) is 13.2 Å². The number of carbonyl (C=O) groups is 3. The lowest BCUT2D eigenvalue weighted by molar-refractivity contribution is -0.167. The van der Waals surface area contributed by atoms with Gasteiger partial charge in [0.15, 0.2) is 6.10 Å². The van der Waals surface area contributed by atoms with Crippen LogP contribution in [-0.4, -0.2) is 37.2 Å². The first kappa shape index (κ1) is 76.1. The quantitative estimate of drug-likeness (QED) is 0.0261. The molecule has 0 heterocycles. The van der Waals surface area contributed by atoms with Gasteiger partial charge >= 0.3 is 17.9 Å². The molecule has 0 saturated heterocycles. The van der Waals surface area contributed by atoms with Crippen LogP contribution in [0, 0.1) is 0 Å². The summed E-state index contributed by atoms with van der Waals surface area (Å²) in [6, 6.07) is 0. The SMILES string of the molecule is CC/C=C\C/C=C\C/C=C\C/C=C\C/C=C\CCCCCCCCCCCCCCCCCCCC(=O)OCC(COC(=O)CCCCCCC/C=C\CCCCC)OC(=O)CCCCCCCCC/C=C\C/C=C\C/C=C\CC. The average Bonchev–Trinajstić information content (AvgIpc) is 3.46. The molecule has 0 radical (unpaired) electrons. The Hall–Kier alpha value is -3.93. The van der Waals surface area contributed by atoms with Gasteiger partial charge in [-0.25, -0.2) is 0 Å². The number of ether oxygens (including phenoxy) is 3. The largest absolute Gasteiger partial charge is 0.462 e. The van der Waals surface area contributed by atoms with Crippen LogP contribution in [0.3, 0.4) is 0 Å². The van der Waals surface area contributed by atoms with E-state index in [4.69, 9.17) is 14.2 Å². The summed E-state index contributed by atoms with van der Waals surface area (Å²) in [5, 5.41) is 0. The van der Waals surface area contributed by atoms with Crippen molar-refractivity contribution in [3.05, 3.63) is 109 Å². The Morgan fingerprint density at radius 1 is 0.263 bits per heavy atom. The van der Waals surface area contributed by atoms with Crippen molar-refractivity contribution in [2.24, 2.45) is 0 Å². The van der Waals surface area contributed by atoms with Gasteiger partial charge in [-0.05, 0) is 122 Å². The highest BCUT2D eigenvalue weighted by atomic mass is 16.6. The monoisotopic (exact) mass is 1110 g/mol. The van der Waals surface area contributed by atoms with Gasteiger partial charge in [0.25, 0.3) is 0 Å². The lowest BCUT2D eigenvalue weighted by Crippen LogP contribution is -2.30. The third-order valence-electron chi connectivity index (χ3n) is 14.5. The highest BCUT2D eigenvalue weighted by molar-refractivity contribution is 5.71. The molecule has 80 heavy (non-hydrogen) atoms. The molecule has 0 aromatic rings. The molecule has 0 saturated carbocycles. The summed E-state index contributed by atoms with van der Waals surface area (Å²) in [7, 11) is 0. The number of rotatable bonds is 61. The molecule has 1 atom stereocenters. The lowest BCUT2D eigenvalue weighted by atomic mass is 10.0. The molecule has 0 rings (SSSR count). The summed E-state index contributed by atoms with van der Waals surface area (Å²) in [4.78, 5) is 38.3. The predicted octanol–water partition coefficient (Wildman–Crippen LogP) is 23.4. The van der Waals surface area contributed by atoms with Crippen LogP contribution in [0.4, 0.5) is 0 Å². The summed E-state index contributed by atoms with van der Waals surface area (Å²) in [5.41, 5.74) is 0. The van der Waals surface area contributed by atoms with Crippen LogP contribution in [0.1, 0.15) is 323 Å². The van der Waals surface area contributed by atoms with Crippen LogP contribution < -0.4 is 0 Å². The van der Waals surface area contributed by atoms with Gasteiger partial charge in [-0.2, -0.15) is 0 Å². The number of hydrogen-bond donors (Lipinski definition) is 0. The second-order valence-corrected chi connectivity index (χ2v) is 22.3. The number of allylic oxidation sites excluding steroid dienone is 18. The standard InChI is InChI=1S/C74H126O6/c1-4-7-10-13-16-19-22-25-27-29-30-31-32-33-34-35-36-37-38-39-40-41-42-43-44-46-47-49-52-55-58-61-64-67-73(76)79-70-71(69-78-72(75)66-63-60-57-54-51-24-21-18-15-12-9-6-3)80-74(77)68-65-62-59-56-53-50-48-45-28-26-23-20-17-14-11-8-5-2/h7-8,10-11,16-21,25-28,30-31,33-34,71H,4-6,9,12-15,22-24,29,32,35-70H2,1-3H3/b10-7-,11-8-,19-16-,20-17-,21-18-,27-25-,28-26-,31-30-,34-33-. The smallest absolute Gasteiger partial charge is 0.306 e. The minimum absolute atomic E-state index is 0.0824. The average molecular weight is 1110 g/mol. The topological polar surface area (TPSA) is 78.9 Å². The molecule has 0 fully saturated rings. The normalized spacial score (nSPS) is 12.8. The Balaban J connectivity index is 4.17. The van der Waals surface area contributed by atoms with E-state index in [0.29, 0.717) is 19.3 Å². The first-order valence-electron chi connectivity index (χ1n) is 33.9. The summed E-state index contributed by atoms with van der Waals surface area (Å²) < 4.78 is 16.9. The number of esters is 3. The van der Waals surface area contributed by atoms with Crippen LogP contribution in [0.2, 0.25) is 0 Å². The van der Waals surface area contributed by atoms with Gasteiger partial charge < -0.3 is 14.2 Å². The molecular weight excluding hydrogens is 985 g/mol. The van der Waals surface area contributed by atoms with E-state index in [-0.39, 0.29) is 31.1 Å². The first-order chi connectivity index (χ1) is 39.5. The van der Waals surface area contributed by atoms with E-state index >= 15 is 0 Å². The first-order valence-corrected chi connectivity index (χ1v) is 33.9. The molecule has 0 aliphatic carbocycles. The zero-order valence-electron chi connectivity index (χ0n) is 52.6. The van der Waals surface area contributed by atoms with E-state index in [9.17, 15) is 14.4 Å². The maximum Gasteiger partial charge on any atom is 0.306 e. The number of hydrogen-bond acceptors (Lipinski definition) is 6. The number of carbonyl (C=O) groups excluding carboxylic acids is 3. The van der Waals surface area contributed by atoms with Crippen molar-refractivity contribution in [3.63, 3.8) is 0 Å². The Labute approximate surface area is 495 Å². The van der Waals surface area contributed by atoms with Crippen molar-refractivity contribution in [3.8, 4) is 0 Å². The molecule has 0 aromatic heterocycles. The minimum Gasteiger partial charge on any atom is -0.462 e. The molecular formula is C74H126O6. The molecule has 0 bridgehead atoms. The molecule has 0 aliphatic rings. The molecule has 0 N–H and O–H groups in total. The van der Waals surface area contributed by atoms with Crippen molar-refractivity contribution < 1.29 is 28.6 Å². The van der Waals surface area contributed by atoms with E-state index in [2.05, 4.69) is 130 Å². The summed E-state index contributed by atoms with van der Waals surface area (Å²) in [6.45, 7) is 6.40. The summed E-state index contributed by atoms with van der Waals surface area (Å²) in [5.74, 6) is -0.891. The Morgan fingerprint density at radius 2 is 0.487 bits per heavy atom. The number of unbranched alkanes of at least 4 members (excludes halogenated alkanes) is 32. The second kappa shape index (κ2) is 67.6. The molecule has 0 aromatic carbocycles. The Bertz CT molecular complexity index is 1610. The Kier molecular flexibility index (Phi) is 64.3. The molecule has 458 valence electrons. The highest BCUT2D eigenvalue weighted by Gasteiger charge is 2.19. The van der Waals surface area contributed by atoms with E-state index < -0.39 is 6.10 Å². The van der Waals surface area contributed by atoms with Gasteiger partial charge in [0.05, 0.1) is 0 Å². The van der Waals surface area contributed by atoms with E-state index in [1.165, 1.54) is 161 Å². The van der Waals surface area contributed by atoms with E-state index in [0.717, 1.165) is 122 Å². The van der Waals surface area contributed by atoms with Gasteiger partial charge in [-0.3, -0.25) is 14.4 Å². The van der Waals surface area contributed by atoms with Crippen LogP contribution in [-0.2, 0) is 28.6 Å². The molecule has 6 nitrogen and oxygen atoms in total. The Morgan fingerprint density at radius 3 is 0.775 bits per heavy atom. The van der Waals surface area contributed by atoms with Gasteiger partial charge in [0, 0.05) is 19.3 Å². The summed E-state index contributed by atoms with van der Waals surface area (Å²) >= 11 is 0. The van der Waals surface area contributed by atoms with Crippen LogP contribution >= 0.6 is 0 Å². The third-order valence-corrected chi connectivity index (χ3v) is 14.5. The highest BCUT2D eigenvalue weighted by Crippen LogP contribution is 2.17. The molecule has 6 heteroatoms. The van der Waals surface area contributed by atoms with Crippen molar-refractivity contribution in [2.45, 2.75) is 329 Å². The third kappa shape index (κ3) is 64.9. The zero-order chi connectivity index (χ0) is 57.8. The molecule has 0 spiro atoms. The minimum atomic E-state index is -0.787. The zero-order valence-corrected chi connectivity index (χ0v) is 52.6. The van der Waals surface area contributed by atoms with Gasteiger partial charge in [-0.15, -0.1) is 0 Å². The van der Waals surface area contributed by atoms with E-state index in [1.807, 2.05) is 0 Å². The molecule has 0 aliphatic heterocycles. The predicted molar refractivity (Wildman–Crippen MR) is 348 cm³/mol. The maximum atomic E-state index is 12.9. The van der Waals surface area contributed by atoms with Gasteiger partial charge in [0.1, 0.15) is 13.2 Å². The van der Waals surface area contributed by atoms with Crippen molar-refractivity contribution >= 4 is 17.9 Å². The van der Waals surface area contributed by atoms with Gasteiger partial charge in [-0.1, -0.05) is 291 Å². The molecule has 0 amide bonds. The van der Waals surface area contributed by atoms with Crippen LogP contribution in [0.25, 0.3) is 0 Å². The molecule has 1 unspecified atom stereocenters. The van der Waals surface area contributed by atoms with Crippen molar-refractivity contribution in [1.29, 1.82) is 0 Å².